The van der Waals surface area contributed by atoms with Crippen molar-refractivity contribution in [3.05, 3.63) is 20.3 Å². The van der Waals surface area contributed by atoms with Gasteiger partial charge in [-0.1, -0.05) is 0 Å². The molecule has 6 heteroatoms. The number of thiophene rings is 1. The van der Waals surface area contributed by atoms with Gasteiger partial charge in [-0.2, -0.15) is 0 Å². The summed E-state index contributed by atoms with van der Waals surface area (Å²) >= 11 is 4.92. The maximum Gasteiger partial charge on any atom is 0.261 e. The predicted octanol–water partition coefficient (Wildman–Crippen LogP) is 2.95. The van der Waals surface area contributed by atoms with Crippen molar-refractivity contribution >= 4 is 39.1 Å². The van der Waals surface area contributed by atoms with Crippen LogP contribution in [-0.4, -0.2) is 35.8 Å². The molecule has 114 valence electrons. The Balaban J connectivity index is 1.50. The first-order valence-corrected chi connectivity index (χ1v) is 9.01. The largest absolute Gasteiger partial charge is 0.348 e. The van der Waals surface area contributed by atoms with E-state index in [-0.39, 0.29) is 11.9 Å². The molecule has 0 radical (unpaired) electrons. The average Bonchev–Trinajstić information content (AvgIpc) is 3.26. The fraction of sp³-hybridized carbons (Fsp3) is 0.600. The summed E-state index contributed by atoms with van der Waals surface area (Å²) in [5.74, 6) is 0.612. The molecule has 1 saturated heterocycles. The van der Waals surface area contributed by atoms with Gasteiger partial charge in [-0.3, -0.25) is 9.59 Å². The second kappa shape index (κ2) is 6.08. The standard InChI is InChI=1S/C15H19BrN2O2S/c1-9-8-12(21-13(9)16)14(19)17-11-4-6-18(7-5-11)15(20)10-2-3-10/h8,10-11H,2-7H2,1H3,(H,17,19). The quantitative estimate of drug-likeness (QED) is 0.888. The van der Waals surface area contributed by atoms with Crippen molar-refractivity contribution in [1.29, 1.82) is 0 Å². The highest BCUT2D eigenvalue weighted by molar-refractivity contribution is 9.11. The Kier molecular flexibility index (Phi) is 4.36. The number of hydrogen-bond acceptors (Lipinski definition) is 3. The van der Waals surface area contributed by atoms with E-state index in [1.807, 2.05) is 17.9 Å². The van der Waals surface area contributed by atoms with Gasteiger partial charge in [0.25, 0.3) is 5.91 Å². The highest BCUT2D eigenvalue weighted by Crippen LogP contribution is 2.32. The van der Waals surface area contributed by atoms with E-state index >= 15 is 0 Å². The smallest absolute Gasteiger partial charge is 0.261 e. The predicted molar refractivity (Wildman–Crippen MR) is 86.5 cm³/mol. The Hall–Kier alpha value is -0.880. The summed E-state index contributed by atoms with van der Waals surface area (Å²) in [6, 6.07) is 2.09. The van der Waals surface area contributed by atoms with Crippen molar-refractivity contribution in [1.82, 2.24) is 10.2 Å². The number of carbonyl (C=O) groups is 2. The first kappa shape index (κ1) is 15.0. The van der Waals surface area contributed by atoms with E-state index in [2.05, 4.69) is 21.2 Å². The van der Waals surface area contributed by atoms with Crippen LogP contribution in [0.15, 0.2) is 9.85 Å². The van der Waals surface area contributed by atoms with E-state index in [9.17, 15) is 9.59 Å². The molecule has 2 fully saturated rings. The SMILES string of the molecule is Cc1cc(C(=O)NC2CCN(C(=O)C3CC3)CC2)sc1Br. The van der Waals surface area contributed by atoms with E-state index < -0.39 is 0 Å². The molecule has 1 aromatic rings. The second-order valence-corrected chi connectivity index (χ2v) is 8.28. The molecule has 0 unspecified atom stereocenters. The molecule has 21 heavy (non-hydrogen) atoms. The van der Waals surface area contributed by atoms with Crippen molar-refractivity contribution in [3.63, 3.8) is 0 Å². The number of piperidine rings is 1. The normalized spacial score (nSPS) is 19.6. The molecule has 1 saturated carbocycles. The van der Waals surface area contributed by atoms with Gasteiger partial charge in [-0.15, -0.1) is 11.3 Å². The van der Waals surface area contributed by atoms with Crippen molar-refractivity contribution in [3.8, 4) is 0 Å². The topological polar surface area (TPSA) is 49.4 Å². The lowest BCUT2D eigenvalue weighted by atomic mass is 10.0. The van der Waals surface area contributed by atoms with Gasteiger partial charge < -0.3 is 10.2 Å². The Labute approximate surface area is 137 Å². The second-order valence-electron chi connectivity index (χ2n) is 5.91. The zero-order chi connectivity index (χ0) is 15.0. The summed E-state index contributed by atoms with van der Waals surface area (Å²) in [4.78, 5) is 26.9. The summed E-state index contributed by atoms with van der Waals surface area (Å²) in [6.45, 7) is 3.53. The third kappa shape index (κ3) is 3.48. The molecular formula is C15H19BrN2O2S. The summed E-state index contributed by atoms with van der Waals surface area (Å²) in [6.07, 6.45) is 3.83. The van der Waals surface area contributed by atoms with Crippen LogP contribution in [0, 0.1) is 12.8 Å². The van der Waals surface area contributed by atoms with Gasteiger partial charge in [0.05, 0.1) is 8.66 Å². The summed E-state index contributed by atoms with van der Waals surface area (Å²) in [5.41, 5.74) is 1.09. The molecule has 0 spiro atoms. The molecule has 3 rings (SSSR count). The molecule has 0 atom stereocenters. The molecule has 1 aliphatic carbocycles. The highest BCUT2D eigenvalue weighted by Gasteiger charge is 2.35. The van der Waals surface area contributed by atoms with Gasteiger partial charge in [-0.25, -0.2) is 0 Å². The minimum absolute atomic E-state index is 0.000712. The van der Waals surface area contributed by atoms with E-state index in [4.69, 9.17) is 0 Å². The van der Waals surface area contributed by atoms with Crippen LogP contribution in [0.25, 0.3) is 0 Å². The van der Waals surface area contributed by atoms with Crippen LogP contribution in [-0.2, 0) is 4.79 Å². The van der Waals surface area contributed by atoms with Gasteiger partial charge in [0.15, 0.2) is 0 Å². The Morgan fingerprint density at radius 1 is 1.29 bits per heavy atom. The van der Waals surface area contributed by atoms with Gasteiger partial charge >= 0.3 is 0 Å². The average molecular weight is 371 g/mol. The Morgan fingerprint density at radius 3 is 2.48 bits per heavy atom. The fourth-order valence-corrected chi connectivity index (χ4v) is 4.10. The van der Waals surface area contributed by atoms with Crippen molar-refractivity contribution < 1.29 is 9.59 Å². The van der Waals surface area contributed by atoms with Gasteiger partial charge in [0.1, 0.15) is 0 Å². The zero-order valence-corrected chi connectivity index (χ0v) is 14.4. The number of nitrogens with zero attached hydrogens (tertiary/aromatic N) is 1. The molecule has 1 aliphatic heterocycles. The fourth-order valence-electron chi connectivity index (χ4n) is 2.66. The molecule has 1 aromatic heterocycles. The maximum atomic E-state index is 12.2. The lowest BCUT2D eigenvalue weighted by Gasteiger charge is -2.32. The molecule has 4 nitrogen and oxygen atoms in total. The lowest BCUT2D eigenvalue weighted by Crippen LogP contribution is -2.46. The van der Waals surface area contributed by atoms with Gasteiger partial charge in [0, 0.05) is 25.0 Å². The first-order chi connectivity index (χ1) is 10.0. The number of amides is 2. The number of likely N-dealkylation sites (tertiary alicyclic amines) is 1. The Morgan fingerprint density at radius 2 is 1.95 bits per heavy atom. The number of hydrogen-bond donors (Lipinski definition) is 1. The molecule has 2 aliphatic rings. The van der Waals surface area contributed by atoms with Gasteiger partial charge in [0.2, 0.25) is 5.91 Å². The molecule has 0 aromatic carbocycles. The molecule has 2 amide bonds. The highest BCUT2D eigenvalue weighted by atomic mass is 79.9. The first-order valence-electron chi connectivity index (χ1n) is 7.40. The van der Waals surface area contributed by atoms with Gasteiger partial charge in [-0.05, 0) is 60.2 Å². The molecule has 1 N–H and O–H groups in total. The van der Waals surface area contributed by atoms with Crippen molar-refractivity contribution in [2.24, 2.45) is 5.92 Å². The summed E-state index contributed by atoms with van der Waals surface area (Å²) in [7, 11) is 0. The zero-order valence-electron chi connectivity index (χ0n) is 12.0. The van der Waals surface area contributed by atoms with Crippen molar-refractivity contribution in [2.75, 3.05) is 13.1 Å². The summed E-state index contributed by atoms with van der Waals surface area (Å²) < 4.78 is 1.01. The van der Waals surface area contributed by atoms with Crippen LogP contribution in [0.4, 0.5) is 0 Å². The molecule has 0 bridgehead atoms. The van der Waals surface area contributed by atoms with Crippen LogP contribution < -0.4 is 5.32 Å². The molecular weight excluding hydrogens is 352 g/mol. The van der Waals surface area contributed by atoms with Crippen LogP contribution in [0.5, 0.6) is 0 Å². The third-order valence-corrected chi connectivity index (χ3v) is 6.28. The monoisotopic (exact) mass is 370 g/mol. The minimum atomic E-state index is 0.000712. The number of aryl methyl sites for hydroxylation is 1. The Bertz CT molecular complexity index is 541. The number of rotatable bonds is 3. The van der Waals surface area contributed by atoms with Crippen LogP contribution in [0.1, 0.15) is 40.9 Å². The minimum Gasteiger partial charge on any atom is -0.348 e. The number of nitrogens with one attached hydrogen (secondary N) is 1. The number of halogens is 1. The third-order valence-electron chi connectivity index (χ3n) is 4.15. The lowest BCUT2D eigenvalue weighted by molar-refractivity contribution is -0.133. The summed E-state index contributed by atoms with van der Waals surface area (Å²) in [5, 5.41) is 3.09. The maximum absolute atomic E-state index is 12.2. The van der Waals surface area contributed by atoms with E-state index in [1.165, 1.54) is 11.3 Å². The van der Waals surface area contributed by atoms with E-state index in [0.29, 0.717) is 11.8 Å². The number of carbonyl (C=O) groups excluding carboxylic acids is 2. The van der Waals surface area contributed by atoms with E-state index in [0.717, 1.165) is 53.0 Å². The van der Waals surface area contributed by atoms with Crippen LogP contribution in [0.3, 0.4) is 0 Å². The van der Waals surface area contributed by atoms with Crippen molar-refractivity contribution in [2.45, 2.75) is 38.6 Å². The van der Waals surface area contributed by atoms with E-state index in [1.54, 1.807) is 0 Å². The van der Waals surface area contributed by atoms with Crippen LogP contribution in [0.2, 0.25) is 0 Å². The van der Waals surface area contributed by atoms with Crippen LogP contribution >= 0.6 is 27.3 Å². The molecule has 2 heterocycles.